The van der Waals surface area contributed by atoms with Crippen LogP contribution in [0.1, 0.15) is 35.3 Å². The summed E-state index contributed by atoms with van der Waals surface area (Å²) >= 11 is 0. The van der Waals surface area contributed by atoms with Crippen molar-refractivity contribution in [2.24, 2.45) is 0 Å². The SMILES string of the molecule is CCS(=O)(=O)NCc1ccc(C(=O)O[C@@H](C)Cc2ccccc2)cc1. The van der Waals surface area contributed by atoms with Crippen LogP contribution in [0.3, 0.4) is 0 Å². The lowest BCUT2D eigenvalue weighted by Gasteiger charge is -2.13. The molecule has 0 amide bonds. The van der Waals surface area contributed by atoms with Gasteiger partial charge in [0.1, 0.15) is 6.10 Å². The maximum Gasteiger partial charge on any atom is 0.338 e. The fourth-order valence-electron chi connectivity index (χ4n) is 2.29. The van der Waals surface area contributed by atoms with E-state index >= 15 is 0 Å². The van der Waals surface area contributed by atoms with Gasteiger partial charge in [0.15, 0.2) is 0 Å². The van der Waals surface area contributed by atoms with Gasteiger partial charge in [-0.1, -0.05) is 42.5 Å². The number of esters is 1. The predicted octanol–water partition coefficient (Wildman–Crippen LogP) is 2.91. The van der Waals surface area contributed by atoms with Gasteiger partial charge in [-0.2, -0.15) is 0 Å². The molecule has 0 saturated carbocycles. The number of sulfonamides is 1. The Balaban J connectivity index is 1.89. The highest BCUT2D eigenvalue weighted by molar-refractivity contribution is 7.89. The Hall–Kier alpha value is -2.18. The smallest absolute Gasteiger partial charge is 0.338 e. The second-order valence-corrected chi connectivity index (χ2v) is 7.92. The molecule has 0 unspecified atom stereocenters. The maximum absolute atomic E-state index is 12.2. The molecule has 1 N–H and O–H groups in total. The number of benzene rings is 2. The molecular formula is C19H23NO4S. The summed E-state index contributed by atoms with van der Waals surface area (Å²) in [7, 11) is -3.23. The normalized spacial score (nSPS) is 12.6. The van der Waals surface area contributed by atoms with Crippen molar-refractivity contribution >= 4 is 16.0 Å². The van der Waals surface area contributed by atoms with E-state index in [4.69, 9.17) is 4.74 Å². The van der Waals surface area contributed by atoms with Crippen LogP contribution >= 0.6 is 0 Å². The molecule has 1 atom stereocenters. The lowest BCUT2D eigenvalue weighted by atomic mass is 10.1. The minimum Gasteiger partial charge on any atom is -0.459 e. The molecule has 2 rings (SSSR count). The van der Waals surface area contributed by atoms with Crippen molar-refractivity contribution in [2.75, 3.05) is 5.75 Å². The van der Waals surface area contributed by atoms with E-state index in [0.717, 1.165) is 11.1 Å². The first-order valence-electron chi connectivity index (χ1n) is 8.21. The van der Waals surface area contributed by atoms with Crippen LogP contribution in [-0.2, 0) is 27.7 Å². The van der Waals surface area contributed by atoms with Crippen molar-refractivity contribution in [2.45, 2.75) is 32.9 Å². The van der Waals surface area contributed by atoms with Crippen LogP contribution in [-0.4, -0.2) is 26.2 Å². The van der Waals surface area contributed by atoms with Gasteiger partial charge in [-0.25, -0.2) is 17.9 Å². The Bertz CT molecular complexity index is 786. The summed E-state index contributed by atoms with van der Waals surface area (Å²) in [5.41, 5.74) is 2.34. The van der Waals surface area contributed by atoms with Crippen molar-refractivity contribution in [3.63, 3.8) is 0 Å². The molecule has 5 nitrogen and oxygen atoms in total. The van der Waals surface area contributed by atoms with Gasteiger partial charge < -0.3 is 4.74 Å². The third-order valence-corrected chi connectivity index (χ3v) is 5.08. The number of carbonyl (C=O) groups excluding carboxylic acids is 1. The molecule has 2 aromatic rings. The van der Waals surface area contributed by atoms with Crippen LogP contribution in [0.4, 0.5) is 0 Å². The number of hydrogen-bond donors (Lipinski definition) is 1. The van der Waals surface area contributed by atoms with E-state index in [1.807, 2.05) is 37.3 Å². The summed E-state index contributed by atoms with van der Waals surface area (Å²) in [6.45, 7) is 3.65. The van der Waals surface area contributed by atoms with Crippen molar-refractivity contribution in [3.8, 4) is 0 Å². The fourth-order valence-corrected chi connectivity index (χ4v) is 2.88. The Morgan fingerprint density at radius 1 is 1.04 bits per heavy atom. The fraction of sp³-hybridized carbons (Fsp3) is 0.316. The number of nitrogens with one attached hydrogen (secondary N) is 1. The average molecular weight is 361 g/mol. The summed E-state index contributed by atoms with van der Waals surface area (Å²) in [4.78, 5) is 12.2. The lowest BCUT2D eigenvalue weighted by Crippen LogP contribution is -2.24. The van der Waals surface area contributed by atoms with E-state index in [1.54, 1.807) is 31.2 Å². The van der Waals surface area contributed by atoms with E-state index in [-0.39, 0.29) is 24.4 Å². The summed E-state index contributed by atoms with van der Waals surface area (Å²) in [6.07, 6.45) is 0.426. The molecule has 0 radical (unpaired) electrons. The first kappa shape index (κ1) is 19.1. The molecule has 2 aromatic carbocycles. The zero-order valence-electron chi connectivity index (χ0n) is 14.4. The molecule has 0 aliphatic rings. The molecule has 0 heterocycles. The third kappa shape index (κ3) is 6.32. The van der Waals surface area contributed by atoms with Gasteiger partial charge in [0.2, 0.25) is 10.0 Å². The Kier molecular flexibility index (Phi) is 6.73. The highest BCUT2D eigenvalue weighted by atomic mass is 32.2. The van der Waals surface area contributed by atoms with Gasteiger partial charge in [0, 0.05) is 13.0 Å². The molecule has 0 spiro atoms. The second-order valence-electron chi connectivity index (χ2n) is 5.83. The van der Waals surface area contributed by atoms with Crippen LogP contribution < -0.4 is 4.72 Å². The van der Waals surface area contributed by atoms with E-state index in [2.05, 4.69) is 4.72 Å². The number of hydrogen-bond acceptors (Lipinski definition) is 4. The van der Waals surface area contributed by atoms with Crippen LogP contribution in [0.15, 0.2) is 54.6 Å². The molecule has 0 aliphatic carbocycles. The van der Waals surface area contributed by atoms with E-state index in [0.29, 0.717) is 12.0 Å². The zero-order valence-corrected chi connectivity index (χ0v) is 15.3. The van der Waals surface area contributed by atoms with E-state index in [9.17, 15) is 13.2 Å². The predicted molar refractivity (Wildman–Crippen MR) is 97.8 cm³/mol. The van der Waals surface area contributed by atoms with Crippen molar-refractivity contribution < 1.29 is 17.9 Å². The van der Waals surface area contributed by atoms with Gasteiger partial charge in [-0.3, -0.25) is 0 Å². The summed E-state index contributed by atoms with van der Waals surface area (Å²) in [5.74, 6) is -0.347. The average Bonchev–Trinajstić information content (AvgIpc) is 2.61. The monoisotopic (exact) mass is 361 g/mol. The molecule has 0 fully saturated rings. The Labute approximate surface area is 149 Å². The van der Waals surface area contributed by atoms with Crippen molar-refractivity contribution in [3.05, 3.63) is 71.3 Å². The topological polar surface area (TPSA) is 72.5 Å². The molecule has 0 saturated heterocycles. The van der Waals surface area contributed by atoms with Crippen molar-refractivity contribution in [1.82, 2.24) is 4.72 Å². The van der Waals surface area contributed by atoms with Crippen LogP contribution in [0, 0.1) is 0 Å². The summed E-state index contributed by atoms with van der Waals surface area (Å²) in [6, 6.07) is 16.6. The van der Waals surface area contributed by atoms with Crippen LogP contribution in [0.25, 0.3) is 0 Å². The summed E-state index contributed by atoms with van der Waals surface area (Å²) < 4.78 is 30.8. The van der Waals surface area contributed by atoms with Gasteiger partial charge in [0.25, 0.3) is 0 Å². The number of rotatable bonds is 8. The van der Waals surface area contributed by atoms with Gasteiger partial charge in [0.05, 0.1) is 11.3 Å². The lowest BCUT2D eigenvalue weighted by molar-refractivity contribution is 0.0343. The van der Waals surface area contributed by atoms with Crippen LogP contribution in [0.2, 0.25) is 0 Å². The highest BCUT2D eigenvalue weighted by Gasteiger charge is 2.13. The molecule has 0 bridgehead atoms. The van der Waals surface area contributed by atoms with Gasteiger partial charge >= 0.3 is 5.97 Å². The minimum absolute atomic E-state index is 0.0384. The van der Waals surface area contributed by atoms with Crippen LogP contribution in [0.5, 0.6) is 0 Å². The molecule has 0 aromatic heterocycles. The van der Waals surface area contributed by atoms with Gasteiger partial charge in [-0.15, -0.1) is 0 Å². The quantitative estimate of drug-likeness (QED) is 0.734. The maximum atomic E-state index is 12.2. The summed E-state index contributed by atoms with van der Waals surface area (Å²) in [5, 5.41) is 0. The first-order valence-corrected chi connectivity index (χ1v) is 9.86. The highest BCUT2D eigenvalue weighted by Crippen LogP contribution is 2.11. The first-order chi connectivity index (χ1) is 11.9. The number of ether oxygens (including phenoxy) is 1. The zero-order chi connectivity index (χ0) is 18.3. The van der Waals surface area contributed by atoms with E-state index < -0.39 is 10.0 Å². The molecule has 6 heteroatoms. The molecular weight excluding hydrogens is 338 g/mol. The van der Waals surface area contributed by atoms with Crippen molar-refractivity contribution in [1.29, 1.82) is 0 Å². The molecule has 25 heavy (non-hydrogen) atoms. The second kappa shape index (κ2) is 8.78. The largest absolute Gasteiger partial charge is 0.459 e. The minimum atomic E-state index is -3.23. The standard InChI is InChI=1S/C19H23NO4S/c1-3-25(22,23)20-14-17-9-11-18(12-10-17)19(21)24-15(2)13-16-7-5-4-6-8-16/h4-12,15,20H,3,13-14H2,1-2H3/t15-/m0/s1. The Morgan fingerprint density at radius 2 is 1.68 bits per heavy atom. The third-order valence-electron chi connectivity index (χ3n) is 3.74. The van der Waals surface area contributed by atoms with E-state index in [1.165, 1.54) is 0 Å². The Morgan fingerprint density at radius 3 is 2.28 bits per heavy atom. The molecule has 134 valence electrons. The van der Waals surface area contributed by atoms with Gasteiger partial charge in [-0.05, 0) is 37.1 Å². The number of carbonyl (C=O) groups is 1. The molecule has 0 aliphatic heterocycles.